The highest BCUT2D eigenvalue weighted by Gasteiger charge is 2.48. The van der Waals surface area contributed by atoms with E-state index < -0.39 is 5.41 Å². The molecular formula is C16H21N3O3. The van der Waals surface area contributed by atoms with Gasteiger partial charge in [-0.05, 0) is 25.8 Å². The first-order valence-electron chi connectivity index (χ1n) is 7.48. The third kappa shape index (κ3) is 2.32. The van der Waals surface area contributed by atoms with E-state index in [1.54, 1.807) is 17.9 Å². The van der Waals surface area contributed by atoms with Gasteiger partial charge in [-0.1, -0.05) is 19.0 Å². The highest BCUT2D eigenvalue weighted by molar-refractivity contribution is 5.99. The van der Waals surface area contributed by atoms with Crippen LogP contribution in [-0.2, 0) is 4.79 Å². The van der Waals surface area contributed by atoms with Crippen LogP contribution in [0, 0.1) is 17.8 Å². The summed E-state index contributed by atoms with van der Waals surface area (Å²) >= 11 is 0. The summed E-state index contributed by atoms with van der Waals surface area (Å²) in [6.45, 7) is 6.80. The smallest absolute Gasteiger partial charge is 0.276 e. The Morgan fingerprint density at radius 3 is 2.77 bits per heavy atom. The number of rotatable bonds is 1. The zero-order chi connectivity index (χ0) is 16.1. The molecule has 2 N–H and O–H groups in total. The average Bonchev–Trinajstić information content (AvgIpc) is 3.02. The van der Waals surface area contributed by atoms with Gasteiger partial charge < -0.3 is 15.2 Å². The Bertz CT molecular complexity index is 674. The van der Waals surface area contributed by atoms with Crippen molar-refractivity contribution in [2.75, 3.05) is 13.1 Å². The van der Waals surface area contributed by atoms with E-state index >= 15 is 0 Å². The Morgan fingerprint density at radius 1 is 1.45 bits per heavy atom. The molecule has 118 valence electrons. The van der Waals surface area contributed by atoms with E-state index in [0.29, 0.717) is 36.7 Å². The number of ketones is 1. The van der Waals surface area contributed by atoms with Crippen LogP contribution in [0.15, 0.2) is 22.4 Å². The van der Waals surface area contributed by atoms with E-state index in [4.69, 9.17) is 10.3 Å². The van der Waals surface area contributed by atoms with Gasteiger partial charge in [0, 0.05) is 30.0 Å². The van der Waals surface area contributed by atoms with Crippen molar-refractivity contribution >= 4 is 11.7 Å². The number of nitrogens with zero attached hydrogens (tertiary/aromatic N) is 2. The van der Waals surface area contributed by atoms with E-state index in [2.05, 4.69) is 5.16 Å². The minimum atomic E-state index is -0.484. The lowest BCUT2D eigenvalue weighted by atomic mass is 9.65. The van der Waals surface area contributed by atoms with Gasteiger partial charge in [-0.3, -0.25) is 9.59 Å². The topological polar surface area (TPSA) is 89.4 Å². The summed E-state index contributed by atoms with van der Waals surface area (Å²) < 4.78 is 4.97. The molecule has 1 saturated heterocycles. The van der Waals surface area contributed by atoms with Crippen LogP contribution in [-0.4, -0.2) is 34.8 Å². The molecule has 0 aromatic carbocycles. The van der Waals surface area contributed by atoms with Crippen LogP contribution in [0.5, 0.6) is 0 Å². The SMILES string of the molecule is Cc1cc(C(=O)N2CC[C@]3(C=C(N)C(=O)C(C)(C)C3)C2)no1. The van der Waals surface area contributed by atoms with Crippen LogP contribution >= 0.6 is 0 Å². The van der Waals surface area contributed by atoms with Crippen molar-refractivity contribution in [2.45, 2.75) is 33.6 Å². The van der Waals surface area contributed by atoms with Gasteiger partial charge in [-0.25, -0.2) is 0 Å². The first kappa shape index (κ1) is 14.8. The van der Waals surface area contributed by atoms with E-state index in [1.165, 1.54) is 0 Å². The molecule has 0 bridgehead atoms. The second-order valence-corrected chi connectivity index (χ2v) is 7.15. The molecule has 1 spiro atoms. The fraction of sp³-hybridized carbons (Fsp3) is 0.562. The van der Waals surface area contributed by atoms with Gasteiger partial charge in [0.25, 0.3) is 5.91 Å². The molecule has 1 fully saturated rings. The number of aromatic nitrogens is 1. The lowest BCUT2D eigenvalue weighted by Crippen LogP contribution is -2.42. The monoisotopic (exact) mass is 303 g/mol. The van der Waals surface area contributed by atoms with Gasteiger partial charge in [-0.15, -0.1) is 0 Å². The molecule has 2 heterocycles. The molecule has 0 saturated carbocycles. The predicted octanol–water partition coefficient (Wildman–Crippen LogP) is 1.66. The van der Waals surface area contributed by atoms with Crippen molar-refractivity contribution in [1.29, 1.82) is 0 Å². The summed E-state index contributed by atoms with van der Waals surface area (Å²) in [5.74, 6) is 0.483. The molecule has 1 aliphatic carbocycles. The first-order valence-corrected chi connectivity index (χ1v) is 7.48. The van der Waals surface area contributed by atoms with Gasteiger partial charge in [-0.2, -0.15) is 0 Å². The van der Waals surface area contributed by atoms with Gasteiger partial charge in [0.15, 0.2) is 11.5 Å². The summed E-state index contributed by atoms with van der Waals surface area (Å²) in [7, 11) is 0. The molecule has 1 aromatic heterocycles. The Balaban J connectivity index is 1.83. The number of nitrogens with two attached hydrogens (primary N) is 1. The largest absolute Gasteiger partial charge is 0.396 e. The molecule has 0 unspecified atom stereocenters. The van der Waals surface area contributed by atoms with Crippen LogP contribution in [0.25, 0.3) is 0 Å². The molecular weight excluding hydrogens is 282 g/mol. The zero-order valence-corrected chi connectivity index (χ0v) is 13.2. The van der Waals surface area contributed by atoms with Crippen LogP contribution in [0.1, 0.15) is 42.9 Å². The lowest BCUT2D eigenvalue weighted by Gasteiger charge is -2.39. The highest BCUT2D eigenvalue weighted by Crippen LogP contribution is 2.47. The van der Waals surface area contributed by atoms with Crippen LogP contribution in [0.4, 0.5) is 0 Å². The molecule has 3 rings (SSSR count). The molecule has 1 atom stereocenters. The van der Waals surface area contributed by atoms with Crippen molar-refractivity contribution in [3.63, 3.8) is 0 Å². The molecule has 0 radical (unpaired) electrons. The second-order valence-electron chi connectivity index (χ2n) is 7.15. The quantitative estimate of drug-likeness (QED) is 0.852. The molecule has 22 heavy (non-hydrogen) atoms. The molecule has 6 heteroatoms. The fourth-order valence-electron chi connectivity index (χ4n) is 3.76. The van der Waals surface area contributed by atoms with Crippen LogP contribution < -0.4 is 5.73 Å². The first-order chi connectivity index (χ1) is 10.2. The van der Waals surface area contributed by atoms with Crippen molar-refractivity contribution in [3.05, 3.63) is 29.3 Å². The molecule has 1 aliphatic heterocycles. The third-order valence-corrected chi connectivity index (χ3v) is 4.65. The molecule has 1 amide bonds. The minimum Gasteiger partial charge on any atom is -0.396 e. The summed E-state index contributed by atoms with van der Waals surface area (Å²) in [4.78, 5) is 26.4. The number of allylic oxidation sites excluding steroid dienone is 1. The van der Waals surface area contributed by atoms with Crippen molar-refractivity contribution in [1.82, 2.24) is 10.1 Å². The maximum atomic E-state index is 12.5. The standard InChI is InChI=1S/C16H21N3O3/c1-10-6-12(18-22-10)14(21)19-5-4-16(9-19)7-11(17)13(20)15(2,3)8-16/h6-7H,4-5,8-9,17H2,1-3H3/t16-/m1/s1. The Morgan fingerprint density at radius 2 is 2.18 bits per heavy atom. The van der Waals surface area contributed by atoms with Gasteiger partial charge in [0.05, 0.1) is 5.70 Å². The Kier molecular flexibility index (Phi) is 3.16. The van der Waals surface area contributed by atoms with Crippen molar-refractivity contribution in [2.24, 2.45) is 16.6 Å². The predicted molar refractivity (Wildman–Crippen MR) is 79.9 cm³/mol. The van der Waals surface area contributed by atoms with Gasteiger partial charge in [0.2, 0.25) is 0 Å². The molecule has 1 aromatic rings. The molecule has 2 aliphatic rings. The number of aryl methyl sites for hydroxylation is 1. The second kappa shape index (κ2) is 4.69. The normalized spacial score (nSPS) is 27.3. The van der Waals surface area contributed by atoms with Crippen LogP contribution in [0.2, 0.25) is 0 Å². The summed E-state index contributed by atoms with van der Waals surface area (Å²) in [5.41, 5.74) is 5.88. The number of amides is 1. The van der Waals surface area contributed by atoms with E-state index in [1.807, 2.05) is 19.9 Å². The van der Waals surface area contributed by atoms with E-state index in [0.717, 1.165) is 6.42 Å². The number of carbonyl (C=O) groups excluding carboxylic acids is 2. The summed E-state index contributed by atoms with van der Waals surface area (Å²) in [6, 6.07) is 1.64. The Hall–Kier alpha value is -2.11. The number of carbonyl (C=O) groups is 2. The van der Waals surface area contributed by atoms with Crippen molar-refractivity contribution in [3.8, 4) is 0 Å². The summed E-state index contributed by atoms with van der Waals surface area (Å²) in [5, 5.41) is 3.79. The highest BCUT2D eigenvalue weighted by atomic mass is 16.5. The van der Waals surface area contributed by atoms with Gasteiger partial charge in [0.1, 0.15) is 5.76 Å². The number of hydrogen-bond acceptors (Lipinski definition) is 5. The fourth-order valence-corrected chi connectivity index (χ4v) is 3.76. The lowest BCUT2D eigenvalue weighted by molar-refractivity contribution is -0.125. The van der Waals surface area contributed by atoms with Crippen molar-refractivity contribution < 1.29 is 14.1 Å². The number of Topliss-reactive ketones (excluding diaryl/α,β-unsaturated/α-hetero) is 1. The maximum absolute atomic E-state index is 12.5. The van der Waals surface area contributed by atoms with E-state index in [9.17, 15) is 9.59 Å². The van der Waals surface area contributed by atoms with E-state index in [-0.39, 0.29) is 17.1 Å². The Labute approximate surface area is 129 Å². The summed E-state index contributed by atoms with van der Waals surface area (Å²) in [6.07, 6.45) is 3.38. The molecule has 6 nitrogen and oxygen atoms in total. The minimum absolute atomic E-state index is 0.00460. The third-order valence-electron chi connectivity index (χ3n) is 4.65. The maximum Gasteiger partial charge on any atom is 0.276 e. The number of likely N-dealkylation sites (tertiary alicyclic amines) is 1. The average molecular weight is 303 g/mol. The number of hydrogen-bond donors (Lipinski definition) is 1. The van der Waals surface area contributed by atoms with Crippen LogP contribution in [0.3, 0.4) is 0 Å². The van der Waals surface area contributed by atoms with Gasteiger partial charge >= 0.3 is 0 Å². The zero-order valence-electron chi connectivity index (χ0n) is 13.2.